The number of rotatable bonds is 5. The first-order valence-electron chi connectivity index (χ1n) is 5.11. The maximum Gasteiger partial charge on any atom is 0.144 e. The van der Waals surface area contributed by atoms with Gasteiger partial charge in [-0.05, 0) is 19.9 Å². The van der Waals surface area contributed by atoms with Gasteiger partial charge in [0.05, 0.1) is 12.2 Å². The van der Waals surface area contributed by atoms with Gasteiger partial charge in [-0.2, -0.15) is 5.26 Å². The third-order valence-corrected chi connectivity index (χ3v) is 2.37. The highest BCUT2D eigenvalue weighted by molar-refractivity contribution is 5.29. The Balaban J connectivity index is 2.46. The monoisotopic (exact) mass is 220 g/mol. The van der Waals surface area contributed by atoms with Gasteiger partial charge in [0, 0.05) is 25.8 Å². The van der Waals surface area contributed by atoms with Crippen molar-refractivity contribution in [2.24, 2.45) is 0 Å². The summed E-state index contributed by atoms with van der Waals surface area (Å²) < 4.78 is 10.8. The van der Waals surface area contributed by atoms with E-state index >= 15 is 0 Å². The molecule has 0 aliphatic carbocycles. The number of hydrogen-bond acceptors (Lipinski definition) is 4. The third-order valence-electron chi connectivity index (χ3n) is 2.37. The Bertz CT molecular complexity index is 383. The fourth-order valence-corrected chi connectivity index (χ4v) is 1.08. The largest absolute Gasteiger partial charge is 0.493 e. The molecule has 0 saturated heterocycles. The van der Waals surface area contributed by atoms with E-state index in [2.05, 4.69) is 4.98 Å². The molecule has 1 aromatic heterocycles. The number of nitriles is 1. The zero-order chi connectivity index (χ0) is 12.0. The van der Waals surface area contributed by atoms with Gasteiger partial charge in [0.25, 0.3) is 0 Å². The summed E-state index contributed by atoms with van der Waals surface area (Å²) in [7, 11) is 1.68. The zero-order valence-corrected chi connectivity index (χ0v) is 9.86. The molecule has 0 spiro atoms. The Labute approximate surface area is 95.8 Å². The van der Waals surface area contributed by atoms with Crippen LogP contribution in [-0.4, -0.2) is 24.3 Å². The Morgan fingerprint density at radius 3 is 2.88 bits per heavy atom. The van der Waals surface area contributed by atoms with Crippen molar-refractivity contribution >= 4 is 0 Å². The predicted octanol–water partition coefficient (Wildman–Crippen LogP) is 2.15. The molecule has 4 nitrogen and oxygen atoms in total. The van der Waals surface area contributed by atoms with Crippen LogP contribution in [0.3, 0.4) is 0 Å². The van der Waals surface area contributed by atoms with Gasteiger partial charge in [0.1, 0.15) is 17.5 Å². The topological polar surface area (TPSA) is 55.1 Å². The molecule has 1 heterocycles. The second-order valence-corrected chi connectivity index (χ2v) is 4.05. The van der Waals surface area contributed by atoms with Crippen molar-refractivity contribution in [3.63, 3.8) is 0 Å². The molecule has 16 heavy (non-hydrogen) atoms. The van der Waals surface area contributed by atoms with Crippen molar-refractivity contribution in [2.45, 2.75) is 25.9 Å². The van der Waals surface area contributed by atoms with E-state index in [-0.39, 0.29) is 5.60 Å². The molecule has 0 atom stereocenters. The molecule has 86 valence electrons. The quantitative estimate of drug-likeness (QED) is 0.763. The Hall–Kier alpha value is -1.60. The zero-order valence-electron chi connectivity index (χ0n) is 9.86. The first-order chi connectivity index (χ1) is 7.57. The van der Waals surface area contributed by atoms with Crippen molar-refractivity contribution in [3.8, 4) is 11.8 Å². The number of methoxy groups -OCH3 is 1. The second-order valence-electron chi connectivity index (χ2n) is 4.05. The van der Waals surface area contributed by atoms with Gasteiger partial charge in [-0.15, -0.1) is 0 Å². The SMILES string of the molecule is COC(C)(C)CCOc1ccnc(C#N)c1. The maximum atomic E-state index is 8.67. The predicted molar refractivity (Wildman–Crippen MR) is 60.2 cm³/mol. The van der Waals surface area contributed by atoms with Gasteiger partial charge in [0.2, 0.25) is 0 Å². The van der Waals surface area contributed by atoms with Gasteiger partial charge < -0.3 is 9.47 Å². The molecule has 1 rings (SSSR count). The summed E-state index contributed by atoms with van der Waals surface area (Å²) in [6, 6.07) is 5.33. The van der Waals surface area contributed by atoms with E-state index in [0.717, 1.165) is 6.42 Å². The molecule has 1 aromatic rings. The van der Waals surface area contributed by atoms with Gasteiger partial charge in [-0.1, -0.05) is 0 Å². The van der Waals surface area contributed by atoms with E-state index in [9.17, 15) is 0 Å². The summed E-state index contributed by atoms with van der Waals surface area (Å²) in [4.78, 5) is 3.87. The number of hydrogen-bond donors (Lipinski definition) is 0. The van der Waals surface area contributed by atoms with Crippen LogP contribution in [0.4, 0.5) is 0 Å². The summed E-state index contributed by atoms with van der Waals surface area (Å²) in [5.74, 6) is 0.665. The van der Waals surface area contributed by atoms with E-state index in [1.165, 1.54) is 0 Å². The third kappa shape index (κ3) is 3.87. The highest BCUT2D eigenvalue weighted by Crippen LogP contribution is 2.15. The van der Waals surface area contributed by atoms with Crippen LogP contribution in [0.25, 0.3) is 0 Å². The van der Waals surface area contributed by atoms with E-state index in [1.54, 1.807) is 25.4 Å². The van der Waals surface area contributed by atoms with Crippen LogP contribution in [0.2, 0.25) is 0 Å². The number of ether oxygens (including phenoxy) is 2. The van der Waals surface area contributed by atoms with Crippen molar-refractivity contribution in [2.75, 3.05) is 13.7 Å². The van der Waals surface area contributed by atoms with Crippen molar-refractivity contribution in [1.29, 1.82) is 5.26 Å². The highest BCUT2D eigenvalue weighted by atomic mass is 16.5. The fourth-order valence-electron chi connectivity index (χ4n) is 1.08. The van der Waals surface area contributed by atoms with E-state index in [4.69, 9.17) is 14.7 Å². The average molecular weight is 220 g/mol. The van der Waals surface area contributed by atoms with Crippen LogP contribution in [0.15, 0.2) is 18.3 Å². The van der Waals surface area contributed by atoms with Crippen LogP contribution in [0.1, 0.15) is 26.0 Å². The second kappa shape index (κ2) is 5.47. The minimum absolute atomic E-state index is 0.189. The molecule has 4 heteroatoms. The van der Waals surface area contributed by atoms with Crippen LogP contribution in [0.5, 0.6) is 5.75 Å². The summed E-state index contributed by atoms with van der Waals surface area (Å²) >= 11 is 0. The van der Waals surface area contributed by atoms with Crippen LogP contribution < -0.4 is 4.74 Å². The molecule has 0 N–H and O–H groups in total. The van der Waals surface area contributed by atoms with E-state index in [1.807, 2.05) is 19.9 Å². The van der Waals surface area contributed by atoms with Gasteiger partial charge in [0.15, 0.2) is 0 Å². The molecule has 0 saturated carbocycles. The summed E-state index contributed by atoms with van der Waals surface area (Å²) in [5, 5.41) is 8.67. The van der Waals surface area contributed by atoms with Crippen molar-refractivity contribution in [1.82, 2.24) is 4.98 Å². The van der Waals surface area contributed by atoms with E-state index < -0.39 is 0 Å². The molecule has 0 unspecified atom stereocenters. The standard InChI is InChI=1S/C12H16N2O2/c1-12(2,15-3)5-7-16-11-4-6-14-10(8-11)9-13/h4,6,8H,5,7H2,1-3H3. The molecule has 0 aliphatic rings. The Morgan fingerprint density at radius 2 is 2.25 bits per heavy atom. The maximum absolute atomic E-state index is 8.67. The van der Waals surface area contributed by atoms with Gasteiger partial charge in [-0.25, -0.2) is 4.98 Å². The Kier molecular flexibility index (Phi) is 4.27. The lowest BCUT2D eigenvalue weighted by Gasteiger charge is -2.22. The van der Waals surface area contributed by atoms with Crippen LogP contribution in [-0.2, 0) is 4.74 Å². The lowest BCUT2D eigenvalue weighted by Crippen LogP contribution is -2.25. The molecule has 0 bridgehead atoms. The summed E-state index contributed by atoms with van der Waals surface area (Å²) in [5.41, 5.74) is 0.175. The van der Waals surface area contributed by atoms with Crippen molar-refractivity contribution in [3.05, 3.63) is 24.0 Å². The lowest BCUT2D eigenvalue weighted by atomic mass is 10.1. The molecular weight excluding hydrogens is 204 g/mol. The molecule has 0 radical (unpaired) electrons. The molecular formula is C12H16N2O2. The molecule has 0 aromatic carbocycles. The minimum atomic E-state index is -0.189. The normalized spacial score (nSPS) is 10.9. The molecule has 0 fully saturated rings. The number of aromatic nitrogens is 1. The lowest BCUT2D eigenvalue weighted by molar-refractivity contribution is 0.00545. The van der Waals surface area contributed by atoms with E-state index in [0.29, 0.717) is 18.1 Å². The summed E-state index contributed by atoms with van der Waals surface area (Å²) in [6.45, 7) is 4.56. The van der Waals surface area contributed by atoms with Gasteiger partial charge in [-0.3, -0.25) is 0 Å². The fraction of sp³-hybridized carbons (Fsp3) is 0.500. The van der Waals surface area contributed by atoms with Gasteiger partial charge >= 0.3 is 0 Å². The van der Waals surface area contributed by atoms with Crippen LogP contribution in [0, 0.1) is 11.3 Å². The average Bonchev–Trinajstić information content (AvgIpc) is 2.29. The highest BCUT2D eigenvalue weighted by Gasteiger charge is 2.15. The first kappa shape index (κ1) is 12.5. The minimum Gasteiger partial charge on any atom is -0.493 e. The van der Waals surface area contributed by atoms with Crippen LogP contribution >= 0.6 is 0 Å². The smallest absolute Gasteiger partial charge is 0.144 e. The number of pyridine rings is 1. The number of nitrogens with zero attached hydrogens (tertiary/aromatic N) is 2. The molecule has 0 amide bonds. The molecule has 0 aliphatic heterocycles. The van der Waals surface area contributed by atoms with Crippen molar-refractivity contribution < 1.29 is 9.47 Å². The Morgan fingerprint density at radius 1 is 1.50 bits per heavy atom. The summed E-state index contributed by atoms with van der Waals surface area (Å²) in [6.07, 6.45) is 2.35. The first-order valence-corrected chi connectivity index (χ1v) is 5.11.